The molecule has 0 spiro atoms. The van der Waals surface area contributed by atoms with Crippen LogP contribution in [-0.2, 0) is 11.2 Å². The Labute approximate surface area is 200 Å². The van der Waals surface area contributed by atoms with Crippen LogP contribution in [0, 0.1) is 12.8 Å². The Balaban J connectivity index is 1.43. The number of benzene rings is 3. The first-order valence-corrected chi connectivity index (χ1v) is 12.0. The SMILES string of the molecule is Cc1cccc([C@H]2c3cc(OCC(=O)NCC4CC4)ccc3CCN2C(=O)c2ccccc2)c1. The van der Waals surface area contributed by atoms with Crippen molar-refractivity contribution in [1.82, 2.24) is 10.2 Å². The van der Waals surface area contributed by atoms with E-state index in [4.69, 9.17) is 4.74 Å². The Bertz CT molecular complexity index is 1190. The van der Waals surface area contributed by atoms with Crippen LogP contribution in [0.2, 0.25) is 0 Å². The van der Waals surface area contributed by atoms with Crippen LogP contribution in [0.5, 0.6) is 5.75 Å². The van der Waals surface area contributed by atoms with Crippen LogP contribution in [0.1, 0.15) is 51.5 Å². The van der Waals surface area contributed by atoms with Gasteiger partial charge in [0.1, 0.15) is 5.75 Å². The highest BCUT2D eigenvalue weighted by Gasteiger charge is 2.33. The van der Waals surface area contributed by atoms with Crippen molar-refractivity contribution < 1.29 is 14.3 Å². The number of carbonyl (C=O) groups excluding carboxylic acids is 2. The van der Waals surface area contributed by atoms with Crippen LogP contribution in [0.15, 0.2) is 72.8 Å². The molecule has 1 saturated carbocycles. The van der Waals surface area contributed by atoms with Crippen molar-refractivity contribution in [2.75, 3.05) is 19.7 Å². The zero-order valence-corrected chi connectivity index (χ0v) is 19.5. The Hall–Kier alpha value is -3.60. The molecule has 1 aliphatic carbocycles. The molecule has 0 aromatic heterocycles. The van der Waals surface area contributed by atoms with Crippen molar-refractivity contribution in [2.24, 2.45) is 5.92 Å². The molecule has 5 nitrogen and oxygen atoms in total. The molecule has 5 heteroatoms. The van der Waals surface area contributed by atoms with Gasteiger partial charge in [-0.2, -0.15) is 0 Å². The predicted octanol–water partition coefficient (Wildman–Crippen LogP) is 4.69. The topological polar surface area (TPSA) is 58.6 Å². The molecule has 1 heterocycles. The number of fused-ring (bicyclic) bond motifs is 1. The van der Waals surface area contributed by atoms with Gasteiger partial charge in [-0.05, 0) is 73.1 Å². The highest BCUT2D eigenvalue weighted by atomic mass is 16.5. The van der Waals surface area contributed by atoms with E-state index in [1.807, 2.05) is 53.4 Å². The normalized spacial score (nSPS) is 17.1. The van der Waals surface area contributed by atoms with Gasteiger partial charge in [0.05, 0.1) is 6.04 Å². The molecule has 2 amide bonds. The van der Waals surface area contributed by atoms with Crippen molar-refractivity contribution in [2.45, 2.75) is 32.2 Å². The molecular formula is C29H30N2O3. The number of carbonyl (C=O) groups is 2. The van der Waals surface area contributed by atoms with Crippen LogP contribution in [0.25, 0.3) is 0 Å². The van der Waals surface area contributed by atoms with Gasteiger partial charge >= 0.3 is 0 Å². The van der Waals surface area contributed by atoms with Crippen molar-refractivity contribution in [3.8, 4) is 5.75 Å². The number of nitrogens with one attached hydrogen (secondary N) is 1. The second-order valence-electron chi connectivity index (χ2n) is 9.33. The van der Waals surface area contributed by atoms with Crippen LogP contribution in [-0.4, -0.2) is 36.4 Å². The fourth-order valence-electron chi connectivity index (χ4n) is 4.63. The van der Waals surface area contributed by atoms with Gasteiger partial charge in [0.2, 0.25) is 0 Å². The molecule has 0 saturated heterocycles. The minimum absolute atomic E-state index is 0.00667. The quantitative estimate of drug-likeness (QED) is 0.564. The largest absolute Gasteiger partial charge is 0.484 e. The molecule has 1 atom stereocenters. The van der Waals surface area contributed by atoms with E-state index in [1.165, 1.54) is 18.4 Å². The van der Waals surface area contributed by atoms with Gasteiger partial charge in [0.15, 0.2) is 6.61 Å². The third kappa shape index (κ3) is 4.98. The summed E-state index contributed by atoms with van der Waals surface area (Å²) in [7, 11) is 0. The minimum Gasteiger partial charge on any atom is -0.484 e. The first kappa shape index (κ1) is 22.2. The zero-order valence-electron chi connectivity index (χ0n) is 19.5. The predicted molar refractivity (Wildman–Crippen MR) is 132 cm³/mol. The summed E-state index contributed by atoms with van der Waals surface area (Å²) >= 11 is 0. The van der Waals surface area contributed by atoms with Crippen LogP contribution in [0.4, 0.5) is 0 Å². The van der Waals surface area contributed by atoms with E-state index in [-0.39, 0.29) is 24.5 Å². The zero-order chi connectivity index (χ0) is 23.5. The maximum absolute atomic E-state index is 13.6. The van der Waals surface area contributed by atoms with E-state index in [0.29, 0.717) is 23.8 Å². The Kier molecular flexibility index (Phi) is 6.35. The van der Waals surface area contributed by atoms with Crippen molar-refractivity contribution in [3.63, 3.8) is 0 Å². The summed E-state index contributed by atoms with van der Waals surface area (Å²) in [5.74, 6) is 1.20. The van der Waals surface area contributed by atoms with Crippen molar-refractivity contribution in [1.29, 1.82) is 0 Å². The molecular weight excluding hydrogens is 424 g/mol. The van der Waals surface area contributed by atoms with Gasteiger partial charge < -0.3 is 15.0 Å². The van der Waals surface area contributed by atoms with Gasteiger partial charge in [-0.1, -0.05) is 54.1 Å². The number of amides is 2. The maximum atomic E-state index is 13.6. The standard InChI is InChI=1S/C29H30N2O3/c1-20-6-5-9-24(16-20)28-26-17-25(34-19-27(32)30-18-21-10-11-21)13-12-22(26)14-15-31(28)29(33)23-7-3-2-4-8-23/h2-9,12-13,16-17,21,28H,10-11,14-15,18-19H2,1H3,(H,30,32)/t28-/m0/s1. The third-order valence-corrected chi connectivity index (χ3v) is 6.64. The molecule has 1 fully saturated rings. The minimum atomic E-state index is -0.219. The van der Waals surface area contributed by atoms with Crippen molar-refractivity contribution in [3.05, 3.63) is 101 Å². The molecule has 34 heavy (non-hydrogen) atoms. The van der Waals surface area contributed by atoms with Gasteiger partial charge in [-0.25, -0.2) is 0 Å². The lowest BCUT2D eigenvalue weighted by Crippen LogP contribution is -2.40. The van der Waals surface area contributed by atoms with E-state index < -0.39 is 0 Å². The van der Waals surface area contributed by atoms with E-state index in [1.54, 1.807) is 0 Å². The lowest BCUT2D eigenvalue weighted by molar-refractivity contribution is -0.123. The monoisotopic (exact) mass is 454 g/mol. The van der Waals surface area contributed by atoms with Crippen LogP contribution >= 0.6 is 0 Å². The molecule has 3 aromatic carbocycles. The Morgan fingerprint density at radius 3 is 2.59 bits per heavy atom. The number of nitrogens with zero attached hydrogens (tertiary/aromatic N) is 1. The van der Waals surface area contributed by atoms with Gasteiger partial charge in [-0.3, -0.25) is 9.59 Å². The summed E-state index contributed by atoms with van der Waals surface area (Å²) in [4.78, 5) is 27.7. The average Bonchev–Trinajstić information content (AvgIpc) is 3.70. The first-order chi connectivity index (χ1) is 16.6. The average molecular weight is 455 g/mol. The van der Waals surface area contributed by atoms with Crippen molar-refractivity contribution >= 4 is 11.8 Å². The summed E-state index contributed by atoms with van der Waals surface area (Å²) in [5.41, 5.74) is 5.16. The van der Waals surface area contributed by atoms with Gasteiger partial charge in [0, 0.05) is 18.7 Å². The molecule has 1 aliphatic heterocycles. The molecule has 1 N–H and O–H groups in total. The number of hydrogen-bond acceptors (Lipinski definition) is 3. The lowest BCUT2D eigenvalue weighted by Gasteiger charge is -2.38. The highest BCUT2D eigenvalue weighted by molar-refractivity contribution is 5.95. The summed E-state index contributed by atoms with van der Waals surface area (Å²) in [6.45, 7) is 3.44. The Morgan fingerprint density at radius 2 is 1.82 bits per heavy atom. The summed E-state index contributed by atoms with van der Waals surface area (Å²) in [6, 6.07) is 23.5. The fraction of sp³-hybridized carbons (Fsp3) is 0.310. The Morgan fingerprint density at radius 1 is 1.00 bits per heavy atom. The van der Waals surface area contributed by atoms with E-state index in [9.17, 15) is 9.59 Å². The summed E-state index contributed by atoms with van der Waals surface area (Å²) in [5, 5.41) is 2.94. The van der Waals surface area contributed by atoms with Gasteiger partial charge in [0.25, 0.3) is 11.8 Å². The molecule has 2 aliphatic rings. The lowest BCUT2D eigenvalue weighted by atomic mass is 9.87. The molecule has 0 bridgehead atoms. The first-order valence-electron chi connectivity index (χ1n) is 12.0. The van der Waals surface area contributed by atoms with Crippen LogP contribution < -0.4 is 10.1 Å². The number of rotatable bonds is 7. The smallest absolute Gasteiger partial charge is 0.257 e. The number of hydrogen-bond donors (Lipinski definition) is 1. The molecule has 3 aromatic rings. The number of aryl methyl sites for hydroxylation is 1. The maximum Gasteiger partial charge on any atom is 0.257 e. The van der Waals surface area contributed by atoms with E-state index >= 15 is 0 Å². The van der Waals surface area contributed by atoms with E-state index in [0.717, 1.165) is 29.7 Å². The second-order valence-corrected chi connectivity index (χ2v) is 9.33. The van der Waals surface area contributed by atoms with E-state index in [2.05, 4.69) is 36.5 Å². The summed E-state index contributed by atoms with van der Waals surface area (Å²) < 4.78 is 5.86. The summed E-state index contributed by atoms with van der Waals surface area (Å²) in [6.07, 6.45) is 3.17. The van der Waals surface area contributed by atoms with Gasteiger partial charge in [-0.15, -0.1) is 0 Å². The fourth-order valence-corrected chi connectivity index (χ4v) is 4.63. The molecule has 5 rings (SSSR count). The highest BCUT2D eigenvalue weighted by Crippen LogP contribution is 2.38. The number of ether oxygens (including phenoxy) is 1. The second kappa shape index (κ2) is 9.72. The molecule has 0 radical (unpaired) electrons. The van der Waals surface area contributed by atoms with Crippen LogP contribution in [0.3, 0.4) is 0 Å². The molecule has 174 valence electrons. The molecule has 0 unspecified atom stereocenters. The third-order valence-electron chi connectivity index (χ3n) is 6.64.